The summed E-state index contributed by atoms with van der Waals surface area (Å²) in [6.07, 6.45) is 1.03. The van der Waals surface area contributed by atoms with E-state index in [9.17, 15) is 13.2 Å². The van der Waals surface area contributed by atoms with E-state index in [2.05, 4.69) is 21.2 Å². The molecule has 0 atom stereocenters. The fraction of sp³-hybridized carbons (Fsp3) is 0.364. The van der Waals surface area contributed by atoms with E-state index < -0.39 is 20.5 Å². The van der Waals surface area contributed by atoms with Crippen LogP contribution in [0.4, 0.5) is 11.4 Å². The molecule has 0 unspecified atom stereocenters. The molecule has 0 fully saturated rings. The van der Waals surface area contributed by atoms with E-state index in [1.165, 1.54) is 13.8 Å². The highest BCUT2D eigenvalue weighted by Gasteiger charge is 2.38. The lowest BCUT2D eigenvalue weighted by Gasteiger charge is -2.21. The van der Waals surface area contributed by atoms with Gasteiger partial charge in [0.25, 0.3) is 0 Å². The Morgan fingerprint density at radius 3 is 2.39 bits per heavy atom. The summed E-state index contributed by atoms with van der Waals surface area (Å²) in [5.74, 6) is -0.591. The first-order valence-corrected chi connectivity index (χ1v) is 7.80. The van der Waals surface area contributed by atoms with Crippen molar-refractivity contribution >= 4 is 43.0 Å². The van der Waals surface area contributed by atoms with Crippen LogP contribution < -0.4 is 11.1 Å². The zero-order valence-electron chi connectivity index (χ0n) is 10.3. The molecule has 0 aliphatic carbocycles. The van der Waals surface area contributed by atoms with Gasteiger partial charge in [0, 0.05) is 22.1 Å². The summed E-state index contributed by atoms with van der Waals surface area (Å²) in [4.78, 5) is 11.9. The summed E-state index contributed by atoms with van der Waals surface area (Å²) in [7, 11) is -3.49. The molecule has 0 aliphatic rings. The van der Waals surface area contributed by atoms with Crippen LogP contribution in [0.25, 0.3) is 0 Å². The highest BCUT2D eigenvalue weighted by molar-refractivity contribution is 9.10. The predicted molar refractivity (Wildman–Crippen MR) is 76.1 cm³/mol. The van der Waals surface area contributed by atoms with Crippen molar-refractivity contribution in [2.45, 2.75) is 18.6 Å². The number of halogens is 1. The average Bonchev–Trinajstić information content (AvgIpc) is 2.21. The second-order valence-corrected chi connectivity index (χ2v) is 7.89. The molecule has 3 N–H and O–H groups in total. The van der Waals surface area contributed by atoms with Crippen molar-refractivity contribution in [3.63, 3.8) is 0 Å². The van der Waals surface area contributed by atoms with Crippen molar-refractivity contribution in [1.82, 2.24) is 0 Å². The average molecular weight is 335 g/mol. The third-order valence-electron chi connectivity index (χ3n) is 2.73. The van der Waals surface area contributed by atoms with Gasteiger partial charge in [-0.15, -0.1) is 0 Å². The number of nitrogens with two attached hydrogens (primary N) is 1. The van der Waals surface area contributed by atoms with Crippen molar-refractivity contribution < 1.29 is 13.2 Å². The Morgan fingerprint density at radius 1 is 1.39 bits per heavy atom. The Balaban J connectivity index is 2.99. The number of hydrogen-bond donors (Lipinski definition) is 2. The van der Waals surface area contributed by atoms with Crippen LogP contribution in [0, 0.1) is 0 Å². The summed E-state index contributed by atoms with van der Waals surface area (Å²) in [5.41, 5.74) is 6.59. The third kappa shape index (κ3) is 3.02. The molecule has 0 heterocycles. The molecule has 0 radical (unpaired) electrons. The SMILES string of the molecule is CC(C)(C(=O)Nc1ccc(Br)c(N)c1)S(C)(=O)=O. The molecule has 0 bridgehead atoms. The molecule has 18 heavy (non-hydrogen) atoms. The fourth-order valence-electron chi connectivity index (χ4n) is 1.07. The van der Waals surface area contributed by atoms with Gasteiger partial charge in [-0.3, -0.25) is 4.79 Å². The van der Waals surface area contributed by atoms with Crippen molar-refractivity contribution in [2.75, 3.05) is 17.3 Å². The lowest BCUT2D eigenvalue weighted by atomic mass is 10.2. The van der Waals surface area contributed by atoms with Crippen LogP contribution in [0.2, 0.25) is 0 Å². The molecule has 0 aliphatic heterocycles. The maximum atomic E-state index is 11.9. The molecule has 1 aromatic rings. The number of sulfone groups is 1. The number of carbonyl (C=O) groups is 1. The largest absolute Gasteiger partial charge is 0.398 e. The van der Waals surface area contributed by atoms with E-state index >= 15 is 0 Å². The van der Waals surface area contributed by atoms with Crippen molar-refractivity contribution in [3.8, 4) is 0 Å². The summed E-state index contributed by atoms with van der Waals surface area (Å²) in [6.45, 7) is 2.72. The van der Waals surface area contributed by atoms with Gasteiger partial charge in [-0.2, -0.15) is 0 Å². The number of benzene rings is 1. The van der Waals surface area contributed by atoms with Gasteiger partial charge in [0.15, 0.2) is 9.84 Å². The highest BCUT2D eigenvalue weighted by Crippen LogP contribution is 2.24. The molecule has 1 rings (SSSR count). The topological polar surface area (TPSA) is 89.3 Å². The van der Waals surface area contributed by atoms with Crippen molar-refractivity contribution in [2.24, 2.45) is 0 Å². The van der Waals surface area contributed by atoms with E-state index in [-0.39, 0.29) is 0 Å². The molecule has 5 nitrogen and oxygen atoms in total. The minimum atomic E-state index is -3.49. The van der Waals surface area contributed by atoms with Gasteiger partial charge >= 0.3 is 0 Å². The number of nitrogens with one attached hydrogen (secondary N) is 1. The van der Waals surface area contributed by atoms with E-state index in [1.54, 1.807) is 18.2 Å². The molecule has 0 saturated heterocycles. The van der Waals surface area contributed by atoms with E-state index in [1.807, 2.05) is 0 Å². The Hall–Kier alpha value is -1.08. The van der Waals surface area contributed by atoms with Crippen LogP contribution in [0.15, 0.2) is 22.7 Å². The van der Waals surface area contributed by atoms with E-state index in [0.717, 1.165) is 6.26 Å². The standard InChI is InChI=1S/C11H15BrN2O3S/c1-11(2,18(3,16)17)10(15)14-7-4-5-8(12)9(13)6-7/h4-6H,13H2,1-3H3,(H,14,15). The van der Waals surface area contributed by atoms with Gasteiger partial charge in [-0.1, -0.05) is 0 Å². The molecule has 0 saturated carbocycles. The van der Waals surface area contributed by atoms with Gasteiger partial charge in [0.1, 0.15) is 4.75 Å². The van der Waals surface area contributed by atoms with Gasteiger partial charge in [0.05, 0.1) is 0 Å². The number of anilines is 2. The minimum absolute atomic E-state index is 0.456. The van der Waals surface area contributed by atoms with Crippen LogP contribution in [-0.4, -0.2) is 25.3 Å². The Labute approximate surface area is 115 Å². The molecule has 100 valence electrons. The molecule has 1 amide bonds. The Bertz CT molecular complexity index is 582. The minimum Gasteiger partial charge on any atom is -0.398 e. The first kappa shape index (κ1) is 15.0. The molecule has 0 aromatic heterocycles. The number of hydrogen-bond acceptors (Lipinski definition) is 4. The lowest BCUT2D eigenvalue weighted by molar-refractivity contribution is -0.117. The summed E-state index contributed by atoms with van der Waals surface area (Å²) in [6, 6.07) is 4.87. The van der Waals surface area contributed by atoms with Crippen LogP contribution in [0.5, 0.6) is 0 Å². The zero-order chi connectivity index (χ0) is 14.1. The molecule has 1 aromatic carbocycles. The predicted octanol–water partition coefficient (Wildman–Crippen LogP) is 1.79. The smallest absolute Gasteiger partial charge is 0.245 e. The van der Waals surface area contributed by atoms with Crippen LogP contribution in [-0.2, 0) is 14.6 Å². The van der Waals surface area contributed by atoms with Crippen LogP contribution >= 0.6 is 15.9 Å². The van der Waals surface area contributed by atoms with E-state index in [4.69, 9.17) is 5.73 Å². The Kier molecular flexibility index (Phi) is 4.07. The molecule has 7 heteroatoms. The maximum absolute atomic E-state index is 11.9. The third-order valence-corrected chi connectivity index (χ3v) is 5.49. The number of nitrogen functional groups attached to an aromatic ring is 1. The second-order valence-electron chi connectivity index (χ2n) is 4.47. The summed E-state index contributed by atoms with van der Waals surface area (Å²) in [5, 5.41) is 2.54. The molecular formula is C11H15BrN2O3S. The van der Waals surface area contributed by atoms with Crippen LogP contribution in [0.3, 0.4) is 0 Å². The first-order chi connectivity index (χ1) is 8.05. The maximum Gasteiger partial charge on any atom is 0.245 e. The van der Waals surface area contributed by atoms with Crippen molar-refractivity contribution in [3.05, 3.63) is 22.7 Å². The molecular weight excluding hydrogens is 320 g/mol. The number of amides is 1. The normalized spacial score (nSPS) is 12.2. The van der Waals surface area contributed by atoms with Crippen molar-refractivity contribution in [1.29, 1.82) is 0 Å². The number of rotatable bonds is 3. The quantitative estimate of drug-likeness (QED) is 0.824. The number of carbonyl (C=O) groups excluding carboxylic acids is 1. The van der Waals surface area contributed by atoms with Gasteiger partial charge in [-0.05, 0) is 48.0 Å². The summed E-state index contributed by atoms with van der Waals surface area (Å²) < 4.78 is 22.2. The zero-order valence-corrected chi connectivity index (χ0v) is 12.7. The second kappa shape index (κ2) is 4.89. The van der Waals surface area contributed by atoms with Gasteiger partial charge in [0.2, 0.25) is 5.91 Å². The van der Waals surface area contributed by atoms with Gasteiger partial charge in [-0.25, -0.2) is 8.42 Å². The van der Waals surface area contributed by atoms with Crippen LogP contribution in [0.1, 0.15) is 13.8 Å². The molecule has 0 spiro atoms. The highest BCUT2D eigenvalue weighted by atomic mass is 79.9. The van der Waals surface area contributed by atoms with Gasteiger partial charge < -0.3 is 11.1 Å². The van der Waals surface area contributed by atoms with E-state index in [0.29, 0.717) is 15.8 Å². The Morgan fingerprint density at radius 2 is 1.94 bits per heavy atom. The fourth-order valence-corrected chi connectivity index (χ4v) is 1.71. The monoisotopic (exact) mass is 334 g/mol. The first-order valence-electron chi connectivity index (χ1n) is 5.12. The lowest BCUT2D eigenvalue weighted by Crippen LogP contribution is -2.43. The summed E-state index contributed by atoms with van der Waals surface area (Å²) >= 11 is 3.23.